The van der Waals surface area contributed by atoms with Crippen LogP contribution in [-0.2, 0) is 17.8 Å². The van der Waals surface area contributed by atoms with Gasteiger partial charge in [0.2, 0.25) is 5.91 Å². The van der Waals surface area contributed by atoms with Crippen LogP contribution in [0.25, 0.3) is 0 Å². The van der Waals surface area contributed by atoms with Gasteiger partial charge in [0.1, 0.15) is 0 Å². The van der Waals surface area contributed by atoms with E-state index in [0.717, 1.165) is 56.0 Å². The molecule has 0 radical (unpaired) electrons. The number of carbonyl (C=O) groups is 2. The van der Waals surface area contributed by atoms with Crippen molar-refractivity contribution in [1.82, 2.24) is 14.8 Å². The summed E-state index contributed by atoms with van der Waals surface area (Å²) in [7, 11) is 0. The van der Waals surface area contributed by atoms with Crippen LogP contribution in [0.15, 0.2) is 16.8 Å². The Hall–Kier alpha value is -1.77. The highest BCUT2D eigenvalue weighted by molar-refractivity contribution is 7.16. The Morgan fingerprint density at radius 1 is 1.24 bits per heavy atom. The van der Waals surface area contributed by atoms with Gasteiger partial charge in [0.25, 0.3) is 5.91 Å². The average molecular weight is 377 g/mol. The molecule has 2 aliphatic heterocycles. The van der Waals surface area contributed by atoms with Crippen molar-refractivity contribution < 1.29 is 9.59 Å². The zero-order valence-corrected chi connectivity index (χ0v) is 15.5. The maximum Gasteiger partial charge on any atom is 0.258 e. The first kappa shape index (κ1) is 16.7. The second-order valence-electron chi connectivity index (χ2n) is 6.40. The summed E-state index contributed by atoms with van der Waals surface area (Å²) >= 11 is 3.02. The lowest BCUT2D eigenvalue weighted by Crippen LogP contribution is -2.40. The number of thiazole rings is 1. The van der Waals surface area contributed by atoms with Gasteiger partial charge in [-0.15, -0.1) is 11.3 Å². The molecule has 2 aromatic rings. The van der Waals surface area contributed by atoms with E-state index in [1.54, 1.807) is 6.07 Å². The van der Waals surface area contributed by atoms with Crippen LogP contribution >= 0.6 is 22.7 Å². The van der Waals surface area contributed by atoms with Crippen LogP contribution in [-0.4, -0.2) is 52.8 Å². The number of fused-ring (bicyclic) bond motifs is 1. The van der Waals surface area contributed by atoms with E-state index in [2.05, 4.69) is 15.2 Å². The van der Waals surface area contributed by atoms with E-state index in [1.807, 2.05) is 15.7 Å². The molecule has 1 saturated heterocycles. The van der Waals surface area contributed by atoms with Gasteiger partial charge in [-0.3, -0.25) is 19.8 Å². The largest absolute Gasteiger partial charge is 0.342 e. The second-order valence-corrected chi connectivity index (χ2v) is 8.27. The lowest BCUT2D eigenvalue weighted by molar-refractivity contribution is -0.131. The van der Waals surface area contributed by atoms with Gasteiger partial charge in [0, 0.05) is 42.9 Å². The number of nitrogens with zero attached hydrogens (tertiary/aromatic N) is 3. The van der Waals surface area contributed by atoms with Gasteiger partial charge in [-0.25, -0.2) is 4.98 Å². The van der Waals surface area contributed by atoms with Crippen molar-refractivity contribution >= 4 is 39.6 Å². The Kier molecular flexibility index (Phi) is 4.82. The van der Waals surface area contributed by atoms with Crippen LogP contribution < -0.4 is 5.32 Å². The summed E-state index contributed by atoms with van der Waals surface area (Å²) in [5, 5.41) is 7.24. The van der Waals surface area contributed by atoms with E-state index in [1.165, 1.54) is 22.7 Å². The Balaban J connectivity index is 1.37. The van der Waals surface area contributed by atoms with Crippen LogP contribution in [0, 0.1) is 0 Å². The van der Waals surface area contributed by atoms with E-state index < -0.39 is 0 Å². The molecule has 4 rings (SSSR count). The zero-order valence-electron chi connectivity index (χ0n) is 13.9. The molecule has 2 amide bonds. The van der Waals surface area contributed by atoms with Gasteiger partial charge in [0.15, 0.2) is 5.13 Å². The van der Waals surface area contributed by atoms with Crippen molar-refractivity contribution in [2.75, 3.05) is 31.5 Å². The number of hydrogen-bond acceptors (Lipinski definition) is 6. The summed E-state index contributed by atoms with van der Waals surface area (Å²) in [5.41, 5.74) is 1.71. The third kappa shape index (κ3) is 3.75. The molecule has 132 valence electrons. The van der Waals surface area contributed by atoms with Crippen molar-refractivity contribution in [3.05, 3.63) is 33.0 Å². The highest BCUT2D eigenvalue weighted by Crippen LogP contribution is 2.28. The maximum atomic E-state index is 12.3. The van der Waals surface area contributed by atoms with E-state index in [0.29, 0.717) is 17.2 Å². The number of carbonyl (C=O) groups excluding carboxylic acids is 2. The monoisotopic (exact) mass is 376 g/mol. The summed E-state index contributed by atoms with van der Waals surface area (Å²) in [4.78, 5) is 34.3. The molecule has 4 heterocycles. The Morgan fingerprint density at radius 2 is 2.08 bits per heavy atom. The number of aromatic nitrogens is 1. The molecule has 2 aliphatic rings. The van der Waals surface area contributed by atoms with Crippen molar-refractivity contribution in [2.45, 2.75) is 25.8 Å². The summed E-state index contributed by atoms with van der Waals surface area (Å²) in [6.07, 6.45) is 3.07. The number of thiophene rings is 1. The van der Waals surface area contributed by atoms with Crippen molar-refractivity contribution in [2.24, 2.45) is 0 Å². The summed E-state index contributed by atoms with van der Waals surface area (Å²) in [6, 6.07) is 1.80. The minimum atomic E-state index is -0.117. The Bertz CT molecular complexity index is 766. The number of rotatable bonds is 4. The molecule has 6 nitrogen and oxygen atoms in total. The molecule has 1 N–H and O–H groups in total. The molecular weight excluding hydrogens is 356 g/mol. The predicted octanol–water partition coefficient (Wildman–Crippen LogP) is 2.44. The van der Waals surface area contributed by atoms with E-state index in [4.69, 9.17) is 0 Å². The number of hydrogen-bond donors (Lipinski definition) is 1. The highest BCUT2D eigenvalue weighted by atomic mass is 32.1. The third-order valence-corrected chi connectivity index (χ3v) is 6.31. The molecule has 25 heavy (non-hydrogen) atoms. The molecule has 0 unspecified atom stereocenters. The maximum absolute atomic E-state index is 12.3. The van der Waals surface area contributed by atoms with Gasteiger partial charge >= 0.3 is 0 Å². The minimum absolute atomic E-state index is 0.117. The average Bonchev–Trinajstić information content (AvgIpc) is 3.35. The van der Waals surface area contributed by atoms with Gasteiger partial charge in [-0.1, -0.05) is 0 Å². The molecule has 1 fully saturated rings. The number of anilines is 1. The lowest BCUT2D eigenvalue weighted by atomic mass is 10.2. The lowest BCUT2D eigenvalue weighted by Gasteiger charge is -2.27. The first-order valence-electron chi connectivity index (χ1n) is 8.51. The normalized spacial score (nSPS) is 17.5. The minimum Gasteiger partial charge on any atom is -0.342 e. The first-order valence-corrected chi connectivity index (χ1v) is 10.3. The fourth-order valence-electron chi connectivity index (χ4n) is 3.26. The van der Waals surface area contributed by atoms with Gasteiger partial charge in [0.05, 0.1) is 17.8 Å². The fraction of sp³-hybridized carbons (Fsp3) is 0.471. The number of nitrogens with one attached hydrogen (secondary N) is 1. The van der Waals surface area contributed by atoms with Crippen molar-refractivity contribution in [3.63, 3.8) is 0 Å². The molecule has 0 atom stereocenters. The van der Waals surface area contributed by atoms with Gasteiger partial charge < -0.3 is 4.90 Å². The fourth-order valence-corrected chi connectivity index (χ4v) is 4.94. The van der Waals surface area contributed by atoms with Crippen LogP contribution in [0.2, 0.25) is 0 Å². The molecule has 0 bridgehead atoms. The Morgan fingerprint density at radius 3 is 2.84 bits per heavy atom. The SMILES string of the molecule is O=C(Nc1nc2c(s1)CN(CC(=O)N1CCCC1)CC2)c1ccsc1. The molecule has 0 aromatic carbocycles. The highest BCUT2D eigenvalue weighted by Gasteiger charge is 2.25. The zero-order chi connectivity index (χ0) is 17.2. The van der Waals surface area contributed by atoms with E-state index >= 15 is 0 Å². The van der Waals surface area contributed by atoms with Crippen molar-refractivity contribution in [3.8, 4) is 0 Å². The van der Waals surface area contributed by atoms with Crippen LogP contribution in [0.4, 0.5) is 5.13 Å². The third-order valence-electron chi connectivity index (χ3n) is 4.63. The second kappa shape index (κ2) is 7.23. The quantitative estimate of drug-likeness (QED) is 0.890. The van der Waals surface area contributed by atoms with E-state index in [9.17, 15) is 9.59 Å². The number of likely N-dealkylation sites (tertiary alicyclic amines) is 1. The Labute approximate surface area is 154 Å². The summed E-state index contributed by atoms with van der Waals surface area (Å²) in [5.74, 6) is 0.116. The predicted molar refractivity (Wildman–Crippen MR) is 99.2 cm³/mol. The van der Waals surface area contributed by atoms with Crippen LogP contribution in [0.1, 0.15) is 33.8 Å². The molecular formula is C17H20N4O2S2. The molecule has 0 aliphatic carbocycles. The first-order chi connectivity index (χ1) is 12.2. The molecule has 2 aromatic heterocycles. The smallest absolute Gasteiger partial charge is 0.258 e. The van der Waals surface area contributed by atoms with Crippen LogP contribution in [0.5, 0.6) is 0 Å². The summed E-state index contributed by atoms with van der Waals surface area (Å²) < 4.78 is 0. The summed E-state index contributed by atoms with van der Waals surface area (Å²) in [6.45, 7) is 3.86. The molecule has 0 saturated carbocycles. The number of amides is 2. The van der Waals surface area contributed by atoms with Gasteiger partial charge in [-0.05, 0) is 24.3 Å². The molecule has 0 spiro atoms. The van der Waals surface area contributed by atoms with Gasteiger partial charge in [-0.2, -0.15) is 11.3 Å². The topological polar surface area (TPSA) is 65.5 Å². The molecule has 8 heteroatoms. The standard InChI is InChI=1S/C17H20N4O2S2/c22-15(21-5-1-2-6-21)10-20-7-3-13-14(9-20)25-17(18-13)19-16(23)12-4-8-24-11-12/h4,8,11H,1-3,5-7,9-10H2,(H,18,19,23). The van der Waals surface area contributed by atoms with E-state index in [-0.39, 0.29) is 11.8 Å². The van der Waals surface area contributed by atoms with Crippen LogP contribution in [0.3, 0.4) is 0 Å². The van der Waals surface area contributed by atoms with Crippen molar-refractivity contribution in [1.29, 1.82) is 0 Å².